The highest BCUT2D eigenvalue weighted by molar-refractivity contribution is 7.80. The molecule has 0 fully saturated rings. The van der Waals surface area contributed by atoms with E-state index in [9.17, 15) is 0 Å². The molecule has 0 spiro atoms. The van der Waals surface area contributed by atoms with E-state index in [4.69, 9.17) is 12.2 Å². The van der Waals surface area contributed by atoms with Gasteiger partial charge >= 0.3 is 0 Å². The van der Waals surface area contributed by atoms with Gasteiger partial charge in [0.1, 0.15) is 0 Å². The highest BCUT2D eigenvalue weighted by Crippen LogP contribution is 2.14. The second-order valence-corrected chi connectivity index (χ2v) is 5.44. The molecule has 3 heteroatoms. The van der Waals surface area contributed by atoms with Crippen molar-refractivity contribution < 1.29 is 0 Å². The van der Waals surface area contributed by atoms with Crippen molar-refractivity contribution in [2.75, 3.05) is 5.32 Å². The largest absolute Gasteiger partial charge is 0.358 e. The van der Waals surface area contributed by atoms with Crippen LogP contribution in [0.25, 0.3) is 0 Å². The molecule has 0 aromatic heterocycles. The molecule has 0 saturated carbocycles. The topological polar surface area (TPSA) is 24.1 Å². The van der Waals surface area contributed by atoms with Gasteiger partial charge in [0, 0.05) is 12.2 Å². The molecule has 104 valence electrons. The smallest absolute Gasteiger partial charge is 0.171 e. The van der Waals surface area contributed by atoms with Gasteiger partial charge in [0.05, 0.1) is 0 Å². The van der Waals surface area contributed by atoms with Gasteiger partial charge in [-0.3, -0.25) is 0 Å². The minimum Gasteiger partial charge on any atom is -0.358 e. The Morgan fingerprint density at radius 2 is 1.70 bits per heavy atom. The number of hydrogen-bond acceptors (Lipinski definition) is 1. The van der Waals surface area contributed by atoms with E-state index in [1.165, 1.54) is 22.3 Å². The van der Waals surface area contributed by atoms with Crippen molar-refractivity contribution in [3.05, 3.63) is 64.7 Å². The van der Waals surface area contributed by atoms with E-state index in [1.807, 2.05) is 18.2 Å². The average Bonchev–Trinajstić information content (AvgIpc) is 2.42. The zero-order valence-corrected chi connectivity index (χ0v) is 13.0. The molecule has 0 radical (unpaired) electrons. The Bertz CT molecular complexity index is 620. The SMILES string of the molecule is Cc1ccc(NC(=S)NCc2ccccc2C)cc1C. The van der Waals surface area contributed by atoms with Gasteiger partial charge < -0.3 is 10.6 Å². The van der Waals surface area contributed by atoms with Crippen LogP contribution in [0.2, 0.25) is 0 Å². The molecule has 0 heterocycles. The van der Waals surface area contributed by atoms with Gasteiger partial charge in [-0.05, 0) is 67.4 Å². The Balaban J connectivity index is 1.93. The fourth-order valence-electron chi connectivity index (χ4n) is 1.98. The molecule has 0 aliphatic heterocycles. The second-order valence-electron chi connectivity index (χ2n) is 5.03. The maximum Gasteiger partial charge on any atom is 0.171 e. The summed E-state index contributed by atoms with van der Waals surface area (Å²) in [6.45, 7) is 7.05. The van der Waals surface area contributed by atoms with Gasteiger partial charge in [-0.1, -0.05) is 30.3 Å². The lowest BCUT2D eigenvalue weighted by atomic mass is 10.1. The lowest BCUT2D eigenvalue weighted by molar-refractivity contribution is 0.915. The van der Waals surface area contributed by atoms with Crippen LogP contribution >= 0.6 is 12.2 Å². The standard InChI is InChI=1S/C17H20N2S/c1-12-8-9-16(10-14(12)3)19-17(20)18-11-15-7-5-4-6-13(15)2/h4-10H,11H2,1-3H3,(H2,18,19,20). The summed E-state index contributed by atoms with van der Waals surface area (Å²) in [4.78, 5) is 0. The molecule has 0 unspecified atom stereocenters. The maximum absolute atomic E-state index is 5.33. The van der Waals surface area contributed by atoms with Crippen LogP contribution in [0.4, 0.5) is 5.69 Å². The summed E-state index contributed by atoms with van der Waals surface area (Å²) in [7, 11) is 0. The molecule has 0 amide bonds. The fourth-order valence-corrected chi connectivity index (χ4v) is 2.17. The van der Waals surface area contributed by atoms with Crippen LogP contribution < -0.4 is 10.6 Å². The minimum absolute atomic E-state index is 0.650. The molecule has 2 N–H and O–H groups in total. The van der Waals surface area contributed by atoms with Crippen molar-refractivity contribution >= 4 is 23.0 Å². The Hall–Kier alpha value is -1.87. The molecular formula is C17H20N2S. The number of benzene rings is 2. The average molecular weight is 284 g/mol. The summed E-state index contributed by atoms with van der Waals surface area (Å²) in [5.74, 6) is 0. The van der Waals surface area contributed by atoms with Crippen molar-refractivity contribution in [2.24, 2.45) is 0 Å². The maximum atomic E-state index is 5.33. The highest BCUT2D eigenvalue weighted by Gasteiger charge is 2.01. The number of aryl methyl sites for hydroxylation is 3. The molecule has 20 heavy (non-hydrogen) atoms. The first kappa shape index (κ1) is 14.5. The molecule has 0 aliphatic carbocycles. The summed E-state index contributed by atoms with van der Waals surface area (Å²) in [5.41, 5.74) is 6.10. The number of hydrogen-bond donors (Lipinski definition) is 2. The zero-order valence-electron chi connectivity index (χ0n) is 12.2. The van der Waals surface area contributed by atoms with E-state index in [0.29, 0.717) is 5.11 Å². The fraction of sp³-hybridized carbons (Fsp3) is 0.235. The Morgan fingerprint density at radius 3 is 2.40 bits per heavy atom. The van der Waals surface area contributed by atoms with Crippen molar-refractivity contribution in [3.63, 3.8) is 0 Å². The first-order valence-corrected chi connectivity index (χ1v) is 7.13. The van der Waals surface area contributed by atoms with Crippen LogP contribution in [0, 0.1) is 20.8 Å². The molecule has 0 atom stereocenters. The van der Waals surface area contributed by atoms with E-state index < -0.39 is 0 Å². The van der Waals surface area contributed by atoms with Gasteiger partial charge in [0.25, 0.3) is 0 Å². The Morgan fingerprint density at radius 1 is 0.950 bits per heavy atom. The van der Waals surface area contributed by atoms with E-state index in [-0.39, 0.29) is 0 Å². The predicted molar refractivity (Wildman–Crippen MR) is 90.2 cm³/mol. The summed E-state index contributed by atoms with van der Waals surface area (Å²) < 4.78 is 0. The Labute approximate surface area is 126 Å². The van der Waals surface area contributed by atoms with Crippen LogP contribution in [0.15, 0.2) is 42.5 Å². The molecule has 0 aliphatic rings. The minimum atomic E-state index is 0.650. The third kappa shape index (κ3) is 3.81. The van der Waals surface area contributed by atoms with E-state index in [1.54, 1.807) is 0 Å². The highest BCUT2D eigenvalue weighted by atomic mass is 32.1. The van der Waals surface area contributed by atoms with Crippen molar-refractivity contribution in [1.82, 2.24) is 5.32 Å². The van der Waals surface area contributed by atoms with Gasteiger partial charge in [-0.15, -0.1) is 0 Å². The van der Waals surface area contributed by atoms with Crippen LogP contribution in [0.5, 0.6) is 0 Å². The van der Waals surface area contributed by atoms with Gasteiger partial charge in [-0.2, -0.15) is 0 Å². The number of thiocarbonyl (C=S) groups is 1. The normalized spacial score (nSPS) is 10.2. The third-order valence-electron chi connectivity index (χ3n) is 3.47. The predicted octanol–water partition coefficient (Wildman–Crippen LogP) is 4.10. The van der Waals surface area contributed by atoms with Crippen molar-refractivity contribution in [3.8, 4) is 0 Å². The van der Waals surface area contributed by atoms with Crippen LogP contribution in [-0.4, -0.2) is 5.11 Å². The summed E-state index contributed by atoms with van der Waals surface area (Å²) >= 11 is 5.33. The monoisotopic (exact) mass is 284 g/mol. The Kier molecular flexibility index (Phi) is 4.74. The van der Waals surface area contributed by atoms with Crippen LogP contribution in [0.1, 0.15) is 22.3 Å². The summed E-state index contributed by atoms with van der Waals surface area (Å²) in [6, 6.07) is 14.6. The van der Waals surface area contributed by atoms with E-state index >= 15 is 0 Å². The molecule has 2 aromatic rings. The van der Waals surface area contributed by atoms with Gasteiger partial charge in [0.15, 0.2) is 5.11 Å². The quantitative estimate of drug-likeness (QED) is 0.830. The second kappa shape index (κ2) is 6.53. The van der Waals surface area contributed by atoms with Crippen molar-refractivity contribution in [2.45, 2.75) is 27.3 Å². The summed E-state index contributed by atoms with van der Waals surface area (Å²) in [5, 5.41) is 7.11. The zero-order chi connectivity index (χ0) is 14.5. The van der Waals surface area contributed by atoms with Gasteiger partial charge in [-0.25, -0.2) is 0 Å². The molecule has 2 aromatic carbocycles. The molecule has 2 nitrogen and oxygen atoms in total. The first-order valence-electron chi connectivity index (χ1n) is 6.73. The van der Waals surface area contributed by atoms with E-state index in [2.05, 4.69) is 55.7 Å². The lowest BCUT2D eigenvalue weighted by Crippen LogP contribution is -2.28. The lowest BCUT2D eigenvalue weighted by Gasteiger charge is -2.13. The number of nitrogens with one attached hydrogen (secondary N) is 2. The third-order valence-corrected chi connectivity index (χ3v) is 3.71. The first-order chi connectivity index (χ1) is 9.56. The molecule has 0 saturated heterocycles. The molecule has 0 bridgehead atoms. The molecule has 2 rings (SSSR count). The van der Waals surface area contributed by atoms with Gasteiger partial charge in [0.2, 0.25) is 0 Å². The number of anilines is 1. The van der Waals surface area contributed by atoms with Crippen LogP contribution in [-0.2, 0) is 6.54 Å². The van der Waals surface area contributed by atoms with Crippen molar-refractivity contribution in [1.29, 1.82) is 0 Å². The molecular weight excluding hydrogens is 264 g/mol. The number of rotatable bonds is 3. The summed E-state index contributed by atoms with van der Waals surface area (Å²) in [6.07, 6.45) is 0. The van der Waals surface area contributed by atoms with E-state index in [0.717, 1.165) is 12.2 Å². The van der Waals surface area contributed by atoms with Crippen LogP contribution in [0.3, 0.4) is 0 Å².